The molecule has 2 aliphatic heterocycles. The van der Waals surface area contributed by atoms with E-state index in [4.69, 9.17) is 19.1 Å². The first-order valence-electron chi connectivity index (χ1n) is 8.41. The number of benzene rings is 1. The number of nitrogens with zero attached hydrogens (tertiary/aromatic N) is 1. The zero-order valence-electron chi connectivity index (χ0n) is 14.6. The molecule has 4 rings (SSSR count). The highest BCUT2D eigenvalue weighted by Crippen LogP contribution is 2.25. The Morgan fingerprint density at radius 2 is 2.11 bits per heavy atom. The van der Waals surface area contributed by atoms with E-state index < -0.39 is 15.8 Å². The normalized spacial score (nSPS) is 25.6. The second kappa shape index (κ2) is 7.80. The lowest BCUT2D eigenvalue weighted by Gasteiger charge is -2.33. The fourth-order valence-electron chi connectivity index (χ4n) is 3.51. The molecule has 2 saturated heterocycles. The first kappa shape index (κ1) is 19.5. The van der Waals surface area contributed by atoms with Crippen LogP contribution in [0.25, 0.3) is 11.1 Å². The number of oxazole rings is 1. The van der Waals surface area contributed by atoms with Crippen molar-refractivity contribution in [3.8, 4) is 0 Å². The van der Waals surface area contributed by atoms with E-state index in [0.29, 0.717) is 18.7 Å². The minimum absolute atomic E-state index is 0.0900. The van der Waals surface area contributed by atoms with Gasteiger partial charge in [0.05, 0.1) is 23.1 Å². The van der Waals surface area contributed by atoms with Crippen LogP contribution in [0.1, 0.15) is 13.3 Å². The molecule has 2 aliphatic rings. The van der Waals surface area contributed by atoms with Crippen molar-refractivity contribution in [2.75, 3.05) is 19.7 Å². The highest BCUT2D eigenvalue weighted by atomic mass is 32.2. The van der Waals surface area contributed by atoms with Crippen LogP contribution < -0.4 is 10.5 Å². The zero-order chi connectivity index (χ0) is 19.6. The highest BCUT2D eigenvalue weighted by Gasteiger charge is 2.37. The molecule has 0 unspecified atom stereocenters. The van der Waals surface area contributed by atoms with E-state index in [0.717, 1.165) is 13.0 Å². The summed E-state index contributed by atoms with van der Waals surface area (Å²) in [6, 6.07) is 4.47. The molecule has 3 atom stereocenters. The van der Waals surface area contributed by atoms with Crippen LogP contribution >= 0.6 is 0 Å². The second-order valence-corrected chi connectivity index (χ2v) is 8.30. The Hall–Kier alpha value is -2.21. The van der Waals surface area contributed by atoms with Gasteiger partial charge in [0.1, 0.15) is 0 Å². The Balaban J connectivity index is 0.000000659. The second-order valence-electron chi connectivity index (χ2n) is 6.58. The molecule has 3 heterocycles. The van der Waals surface area contributed by atoms with Crippen LogP contribution in [0, 0.1) is 0 Å². The molecule has 0 radical (unpaired) electrons. The van der Waals surface area contributed by atoms with Gasteiger partial charge in [0, 0.05) is 31.2 Å². The summed E-state index contributed by atoms with van der Waals surface area (Å²) < 4.78 is 38.6. The maximum absolute atomic E-state index is 12.6. The number of aromatic nitrogens is 1. The molecule has 0 bridgehead atoms. The summed E-state index contributed by atoms with van der Waals surface area (Å²) in [6.07, 6.45) is 0.906. The lowest BCUT2D eigenvalue weighted by atomic mass is 10.2. The summed E-state index contributed by atoms with van der Waals surface area (Å²) in [5.41, 5.74) is 0.706. The van der Waals surface area contributed by atoms with Gasteiger partial charge in [0.25, 0.3) is 6.47 Å². The van der Waals surface area contributed by atoms with E-state index in [9.17, 15) is 13.2 Å². The van der Waals surface area contributed by atoms with Crippen molar-refractivity contribution in [2.45, 2.75) is 36.4 Å². The van der Waals surface area contributed by atoms with Crippen molar-refractivity contribution in [1.82, 2.24) is 14.6 Å². The van der Waals surface area contributed by atoms with E-state index in [-0.39, 0.29) is 35.1 Å². The topological polar surface area (TPSA) is 142 Å². The molecule has 3 N–H and O–H groups in total. The molecule has 27 heavy (non-hydrogen) atoms. The van der Waals surface area contributed by atoms with Gasteiger partial charge in [-0.3, -0.25) is 14.7 Å². The van der Waals surface area contributed by atoms with Gasteiger partial charge < -0.3 is 14.3 Å². The third-order valence-corrected chi connectivity index (χ3v) is 6.14. The predicted molar refractivity (Wildman–Crippen MR) is 95.0 cm³/mol. The van der Waals surface area contributed by atoms with Crippen LogP contribution in [0.15, 0.2) is 32.3 Å². The molecule has 2 aromatic rings. The largest absolute Gasteiger partial charge is 0.483 e. The van der Waals surface area contributed by atoms with Crippen LogP contribution in [0.4, 0.5) is 0 Å². The number of aromatic amines is 1. The van der Waals surface area contributed by atoms with Crippen molar-refractivity contribution < 1.29 is 27.5 Å². The number of fused-ring (bicyclic) bond motifs is 2. The SMILES string of the molecule is C[C@H]1CN2C[C@H](NS(=O)(=O)c3ccc4[nH]c(=O)oc4c3)C[C@H]2CO1.O=CO. The number of sulfonamides is 1. The maximum atomic E-state index is 12.6. The fourth-order valence-corrected chi connectivity index (χ4v) is 4.76. The number of hydrogen-bond donors (Lipinski definition) is 3. The summed E-state index contributed by atoms with van der Waals surface area (Å²) in [6.45, 7) is 3.91. The molecule has 2 fully saturated rings. The summed E-state index contributed by atoms with van der Waals surface area (Å²) in [5.74, 6) is -0.603. The number of hydrogen-bond acceptors (Lipinski definition) is 7. The van der Waals surface area contributed by atoms with Gasteiger partial charge in [-0.15, -0.1) is 0 Å². The van der Waals surface area contributed by atoms with E-state index >= 15 is 0 Å². The van der Waals surface area contributed by atoms with Crippen LogP contribution in [-0.2, 0) is 19.6 Å². The van der Waals surface area contributed by atoms with E-state index in [1.54, 1.807) is 0 Å². The summed E-state index contributed by atoms with van der Waals surface area (Å²) in [5, 5.41) is 6.89. The van der Waals surface area contributed by atoms with Gasteiger partial charge >= 0.3 is 5.76 Å². The minimum Gasteiger partial charge on any atom is -0.483 e. The molecule has 1 aromatic carbocycles. The Bertz CT molecular complexity index is 968. The lowest BCUT2D eigenvalue weighted by molar-refractivity contribution is -0.122. The van der Waals surface area contributed by atoms with Crippen molar-refractivity contribution in [3.05, 3.63) is 28.7 Å². The van der Waals surface area contributed by atoms with Gasteiger partial charge in [0.2, 0.25) is 10.0 Å². The molecular formula is C16H21N3O7S. The molecule has 1 aromatic heterocycles. The monoisotopic (exact) mass is 399 g/mol. The van der Waals surface area contributed by atoms with Crippen LogP contribution in [0.5, 0.6) is 0 Å². The molecule has 0 saturated carbocycles. The molecule has 0 aliphatic carbocycles. The first-order valence-corrected chi connectivity index (χ1v) is 9.89. The highest BCUT2D eigenvalue weighted by molar-refractivity contribution is 7.89. The number of morpholine rings is 1. The predicted octanol–water partition coefficient (Wildman–Crippen LogP) is -0.0382. The number of carboxylic acid groups (broad SMARTS) is 1. The molecule has 11 heteroatoms. The van der Waals surface area contributed by atoms with Crippen LogP contribution in [0.3, 0.4) is 0 Å². The molecular weight excluding hydrogens is 378 g/mol. The maximum Gasteiger partial charge on any atom is 0.417 e. The molecule has 0 spiro atoms. The summed E-state index contributed by atoms with van der Waals surface area (Å²) in [7, 11) is -3.68. The fraction of sp³-hybridized carbons (Fsp3) is 0.500. The van der Waals surface area contributed by atoms with Gasteiger partial charge in [0.15, 0.2) is 5.58 Å². The Kier molecular flexibility index (Phi) is 5.65. The van der Waals surface area contributed by atoms with Gasteiger partial charge in [-0.25, -0.2) is 17.9 Å². The van der Waals surface area contributed by atoms with Crippen LogP contribution in [-0.4, -0.2) is 67.8 Å². The van der Waals surface area contributed by atoms with E-state index in [2.05, 4.69) is 14.6 Å². The van der Waals surface area contributed by atoms with E-state index in [1.165, 1.54) is 18.2 Å². The van der Waals surface area contributed by atoms with E-state index in [1.807, 2.05) is 6.92 Å². The Morgan fingerprint density at radius 3 is 2.85 bits per heavy atom. The number of H-pyrrole nitrogens is 1. The summed E-state index contributed by atoms with van der Waals surface area (Å²) in [4.78, 5) is 24.4. The zero-order valence-corrected chi connectivity index (χ0v) is 15.4. The first-order chi connectivity index (χ1) is 12.8. The van der Waals surface area contributed by atoms with Gasteiger partial charge in [-0.2, -0.15) is 0 Å². The average molecular weight is 399 g/mol. The van der Waals surface area contributed by atoms with Crippen molar-refractivity contribution in [2.24, 2.45) is 0 Å². The standard InChI is InChI=1S/C15H19N3O5S.CH2O2/c1-9-6-18-7-10(4-11(18)8-22-9)17-24(20,21)12-2-3-13-14(5-12)23-15(19)16-13;2-1-3/h2-3,5,9-11,17H,4,6-8H2,1H3,(H,16,19);1H,(H,2,3)/t9-,10+,11-;/m0./s1. The number of ether oxygens (including phenoxy) is 1. The van der Waals surface area contributed by atoms with Gasteiger partial charge in [-0.1, -0.05) is 0 Å². The Morgan fingerprint density at radius 1 is 1.37 bits per heavy atom. The van der Waals surface area contributed by atoms with Crippen LogP contribution in [0.2, 0.25) is 0 Å². The smallest absolute Gasteiger partial charge is 0.417 e. The average Bonchev–Trinajstić information content (AvgIpc) is 3.15. The molecule has 0 amide bonds. The van der Waals surface area contributed by atoms with Crippen molar-refractivity contribution in [1.29, 1.82) is 0 Å². The summed E-state index contributed by atoms with van der Waals surface area (Å²) >= 11 is 0. The lowest BCUT2D eigenvalue weighted by Crippen LogP contribution is -2.45. The number of nitrogens with one attached hydrogen (secondary N) is 2. The quantitative estimate of drug-likeness (QED) is 0.611. The Labute approximate surface area is 155 Å². The third kappa shape index (κ3) is 4.38. The van der Waals surface area contributed by atoms with Gasteiger partial charge in [-0.05, 0) is 25.5 Å². The van der Waals surface area contributed by atoms with Crippen molar-refractivity contribution >= 4 is 27.6 Å². The minimum atomic E-state index is -3.68. The molecule has 10 nitrogen and oxygen atoms in total. The van der Waals surface area contributed by atoms with Crippen molar-refractivity contribution in [3.63, 3.8) is 0 Å². The third-order valence-electron chi connectivity index (χ3n) is 4.62. The number of rotatable bonds is 3. The molecule has 148 valence electrons. The number of carbonyl (C=O) groups is 1.